The van der Waals surface area contributed by atoms with Crippen molar-refractivity contribution in [3.05, 3.63) is 58.3 Å². The summed E-state index contributed by atoms with van der Waals surface area (Å²) in [7, 11) is 0. The summed E-state index contributed by atoms with van der Waals surface area (Å²) in [6.45, 7) is 5.18. The molecular formula is C20H27NO3S. The van der Waals surface area contributed by atoms with Crippen molar-refractivity contribution < 1.29 is 14.6 Å². The third kappa shape index (κ3) is 6.27. The largest absolute Gasteiger partial charge is 0.386 e. The van der Waals surface area contributed by atoms with Crippen molar-refractivity contribution in [1.82, 2.24) is 4.90 Å². The van der Waals surface area contributed by atoms with E-state index in [9.17, 15) is 9.90 Å². The number of carbonyl (C=O) groups is 1. The summed E-state index contributed by atoms with van der Waals surface area (Å²) < 4.78 is 5.66. The van der Waals surface area contributed by atoms with Gasteiger partial charge in [0.25, 0.3) is 5.91 Å². The Morgan fingerprint density at radius 1 is 1.24 bits per heavy atom. The van der Waals surface area contributed by atoms with Gasteiger partial charge in [-0.2, -0.15) is 0 Å². The minimum atomic E-state index is -0.685. The van der Waals surface area contributed by atoms with Gasteiger partial charge in [-0.3, -0.25) is 4.79 Å². The summed E-state index contributed by atoms with van der Waals surface area (Å²) in [5.74, 6) is -0.0874. The Kier molecular flexibility index (Phi) is 8.12. The molecule has 0 spiro atoms. The van der Waals surface area contributed by atoms with Crippen LogP contribution in [0.3, 0.4) is 0 Å². The van der Waals surface area contributed by atoms with Crippen LogP contribution in [0.15, 0.2) is 47.8 Å². The molecule has 2 atom stereocenters. The van der Waals surface area contributed by atoms with Gasteiger partial charge in [-0.25, -0.2) is 0 Å². The van der Waals surface area contributed by atoms with Gasteiger partial charge < -0.3 is 14.7 Å². The molecule has 5 heteroatoms. The number of amides is 1. The SMILES string of the molecule is CCCCO[C@H](C)C(=O)N(Cc1ccccc1)C[C@H](O)c1cccs1. The zero-order chi connectivity index (χ0) is 18.1. The fourth-order valence-electron chi connectivity index (χ4n) is 2.55. The van der Waals surface area contributed by atoms with Crippen LogP contribution in [0.1, 0.15) is 43.2 Å². The number of aliphatic hydroxyl groups excluding tert-OH is 1. The molecule has 0 aliphatic heterocycles. The number of aliphatic hydroxyl groups is 1. The van der Waals surface area contributed by atoms with Crippen LogP contribution >= 0.6 is 11.3 Å². The van der Waals surface area contributed by atoms with Crippen LogP contribution in [0.5, 0.6) is 0 Å². The molecule has 1 heterocycles. The van der Waals surface area contributed by atoms with Crippen LogP contribution in [-0.4, -0.2) is 35.2 Å². The van der Waals surface area contributed by atoms with E-state index in [0.717, 1.165) is 23.3 Å². The normalized spacial score (nSPS) is 13.4. The van der Waals surface area contributed by atoms with Crippen molar-refractivity contribution in [3.63, 3.8) is 0 Å². The zero-order valence-electron chi connectivity index (χ0n) is 14.9. The number of carbonyl (C=O) groups excluding carboxylic acids is 1. The molecule has 4 nitrogen and oxygen atoms in total. The first-order valence-corrected chi connectivity index (χ1v) is 9.65. The van der Waals surface area contributed by atoms with Gasteiger partial charge in [-0.15, -0.1) is 11.3 Å². The molecule has 0 aliphatic rings. The molecule has 0 fully saturated rings. The quantitative estimate of drug-likeness (QED) is 0.650. The summed E-state index contributed by atoms with van der Waals surface area (Å²) >= 11 is 1.50. The van der Waals surface area contributed by atoms with E-state index in [1.54, 1.807) is 11.8 Å². The minimum Gasteiger partial charge on any atom is -0.386 e. The third-order valence-electron chi connectivity index (χ3n) is 4.01. The highest BCUT2D eigenvalue weighted by atomic mass is 32.1. The summed E-state index contributed by atoms with van der Waals surface area (Å²) in [6.07, 6.45) is 0.779. The first kappa shape index (κ1) is 19.6. The number of ether oxygens (including phenoxy) is 1. The van der Waals surface area contributed by atoms with Gasteiger partial charge >= 0.3 is 0 Å². The molecule has 0 unspecified atom stereocenters. The van der Waals surface area contributed by atoms with E-state index in [-0.39, 0.29) is 12.5 Å². The molecule has 0 aliphatic carbocycles. The van der Waals surface area contributed by atoms with E-state index in [1.165, 1.54) is 11.3 Å². The van der Waals surface area contributed by atoms with Gasteiger partial charge in [0, 0.05) is 18.0 Å². The Balaban J connectivity index is 2.06. The monoisotopic (exact) mass is 361 g/mol. The lowest BCUT2D eigenvalue weighted by atomic mass is 10.1. The van der Waals surface area contributed by atoms with Gasteiger partial charge in [0.2, 0.25) is 0 Å². The van der Waals surface area contributed by atoms with E-state index in [1.807, 2.05) is 47.8 Å². The standard InChI is InChI=1S/C20H27NO3S/c1-3-4-12-24-16(2)20(23)21(14-17-9-6-5-7-10-17)15-18(22)19-11-8-13-25-19/h5-11,13,16,18,22H,3-4,12,14-15H2,1-2H3/t16-,18+/m1/s1. The van der Waals surface area contributed by atoms with E-state index < -0.39 is 12.2 Å². The van der Waals surface area contributed by atoms with Gasteiger partial charge in [0.15, 0.2) is 0 Å². The molecule has 0 bridgehead atoms. The van der Waals surface area contributed by atoms with Crippen molar-refractivity contribution in [2.75, 3.05) is 13.2 Å². The Hall–Kier alpha value is -1.69. The number of hydrogen-bond acceptors (Lipinski definition) is 4. The molecule has 136 valence electrons. The van der Waals surface area contributed by atoms with Crippen molar-refractivity contribution in [2.24, 2.45) is 0 Å². The van der Waals surface area contributed by atoms with Gasteiger partial charge in [-0.05, 0) is 30.4 Å². The average Bonchev–Trinajstić information content (AvgIpc) is 3.16. The topological polar surface area (TPSA) is 49.8 Å². The van der Waals surface area contributed by atoms with Crippen LogP contribution in [0.4, 0.5) is 0 Å². The van der Waals surface area contributed by atoms with Crippen LogP contribution in [-0.2, 0) is 16.1 Å². The maximum atomic E-state index is 12.8. The Morgan fingerprint density at radius 2 is 2.00 bits per heavy atom. The molecule has 1 aromatic heterocycles. The number of thiophene rings is 1. The summed E-state index contributed by atoms with van der Waals surface area (Å²) in [6, 6.07) is 13.6. The highest BCUT2D eigenvalue weighted by Gasteiger charge is 2.24. The average molecular weight is 362 g/mol. The molecule has 1 N–H and O–H groups in total. The predicted octanol–water partition coefficient (Wildman–Crippen LogP) is 4.02. The molecule has 2 rings (SSSR count). The fraction of sp³-hybridized carbons (Fsp3) is 0.450. The Bertz CT molecular complexity index is 615. The molecule has 2 aromatic rings. The lowest BCUT2D eigenvalue weighted by molar-refractivity contribution is -0.144. The highest BCUT2D eigenvalue weighted by molar-refractivity contribution is 7.10. The zero-order valence-corrected chi connectivity index (χ0v) is 15.7. The fourth-order valence-corrected chi connectivity index (χ4v) is 3.25. The second-order valence-corrected chi connectivity index (χ2v) is 7.08. The number of hydrogen-bond donors (Lipinski definition) is 1. The van der Waals surface area contributed by atoms with Crippen LogP contribution < -0.4 is 0 Å². The molecule has 0 radical (unpaired) electrons. The molecule has 1 amide bonds. The van der Waals surface area contributed by atoms with Gasteiger partial charge in [0.1, 0.15) is 12.2 Å². The van der Waals surface area contributed by atoms with E-state index in [2.05, 4.69) is 6.92 Å². The van der Waals surface area contributed by atoms with Crippen molar-refractivity contribution >= 4 is 17.2 Å². The summed E-state index contributed by atoms with van der Waals surface area (Å²) in [5, 5.41) is 12.4. The first-order chi connectivity index (χ1) is 12.1. The first-order valence-electron chi connectivity index (χ1n) is 8.77. The second kappa shape index (κ2) is 10.3. The minimum absolute atomic E-state index is 0.0874. The molecule has 0 saturated carbocycles. The number of rotatable bonds is 10. The molecule has 25 heavy (non-hydrogen) atoms. The third-order valence-corrected chi connectivity index (χ3v) is 4.98. The number of nitrogens with zero attached hydrogens (tertiary/aromatic N) is 1. The number of benzene rings is 1. The van der Waals surface area contributed by atoms with Gasteiger partial charge in [-0.1, -0.05) is 49.7 Å². The van der Waals surface area contributed by atoms with Crippen molar-refractivity contribution in [3.8, 4) is 0 Å². The summed E-state index contributed by atoms with van der Waals surface area (Å²) in [4.78, 5) is 15.4. The van der Waals surface area contributed by atoms with Crippen LogP contribution in [0.2, 0.25) is 0 Å². The lowest BCUT2D eigenvalue weighted by Crippen LogP contribution is -2.41. The maximum Gasteiger partial charge on any atom is 0.251 e. The highest BCUT2D eigenvalue weighted by Crippen LogP contribution is 2.21. The Labute approximate surface area is 154 Å². The maximum absolute atomic E-state index is 12.8. The van der Waals surface area contributed by atoms with E-state index in [0.29, 0.717) is 13.2 Å². The number of unbranched alkanes of at least 4 members (excludes halogenated alkanes) is 1. The Morgan fingerprint density at radius 3 is 2.64 bits per heavy atom. The van der Waals surface area contributed by atoms with Gasteiger partial charge in [0.05, 0.1) is 6.54 Å². The lowest BCUT2D eigenvalue weighted by Gasteiger charge is -2.28. The molecular weight excluding hydrogens is 334 g/mol. The van der Waals surface area contributed by atoms with Crippen LogP contribution in [0.25, 0.3) is 0 Å². The van der Waals surface area contributed by atoms with E-state index in [4.69, 9.17) is 4.74 Å². The van der Waals surface area contributed by atoms with Crippen LogP contribution in [0, 0.1) is 0 Å². The second-order valence-electron chi connectivity index (χ2n) is 6.10. The predicted molar refractivity (Wildman–Crippen MR) is 101 cm³/mol. The summed E-state index contributed by atoms with van der Waals surface area (Å²) in [5.41, 5.74) is 1.04. The van der Waals surface area contributed by atoms with Crippen molar-refractivity contribution in [2.45, 2.75) is 45.4 Å². The van der Waals surface area contributed by atoms with Crippen molar-refractivity contribution in [1.29, 1.82) is 0 Å². The molecule has 1 aromatic carbocycles. The smallest absolute Gasteiger partial charge is 0.251 e. The van der Waals surface area contributed by atoms with E-state index >= 15 is 0 Å². The molecule has 0 saturated heterocycles.